The molecule has 0 saturated heterocycles. The summed E-state index contributed by atoms with van der Waals surface area (Å²) in [6.45, 7) is 0. The Kier molecular flexibility index (Phi) is 2.82. The minimum absolute atomic E-state index is 1.22. The molecule has 0 atom stereocenters. The average Bonchev–Trinajstić information content (AvgIpc) is 3.41. The molecule has 0 bridgehead atoms. The number of rotatable bonds is 3. The first-order chi connectivity index (χ1) is 10.4. The Morgan fingerprint density at radius 3 is 1.24 bits per heavy atom. The van der Waals surface area contributed by atoms with Gasteiger partial charge in [0.15, 0.2) is 0 Å². The van der Waals surface area contributed by atoms with Gasteiger partial charge >= 0.3 is 0 Å². The van der Waals surface area contributed by atoms with E-state index in [0.717, 1.165) is 0 Å². The fraction of sp³-hybridized carbons (Fsp3) is 0. The van der Waals surface area contributed by atoms with Crippen molar-refractivity contribution in [3.05, 3.63) is 90.6 Å². The maximum absolute atomic E-state index is 3.13. The van der Waals surface area contributed by atoms with Crippen LogP contribution in [-0.4, -0.2) is 0 Å². The molecule has 21 heavy (non-hydrogen) atoms. The lowest BCUT2D eigenvalue weighted by Crippen LogP contribution is -1.83. The predicted molar refractivity (Wildman–Crippen MR) is 88.4 cm³/mol. The van der Waals surface area contributed by atoms with E-state index in [4.69, 9.17) is 0 Å². The molecule has 0 aliphatic carbocycles. The third-order valence-corrected chi connectivity index (χ3v) is 3.81. The van der Waals surface area contributed by atoms with Gasteiger partial charge in [0.05, 0.1) is 5.70 Å². The second-order valence-electron chi connectivity index (χ2n) is 5.22. The van der Waals surface area contributed by atoms with Gasteiger partial charge in [-0.2, -0.15) is 0 Å². The van der Waals surface area contributed by atoms with E-state index in [9.17, 15) is 0 Å². The summed E-state index contributed by atoms with van der Waals surface area (Å²) in [6, 6.07) is 27.9. The minimum atomic E-state index is 1.22. The Labute approximate surface area is 124 Å². The van der Waals surface area contributed by atoms with Crippen LogP contribution in [0.2, 0.25) is 0 Å². The van der Waals surface area contributed by atoms with E-state index in [-0.39, 0.29) is 0 Å². The Bertz CT molecular complexity index is 782. The summed E-state index contributed by atoms with van der Waals surface area (Å²) in [5.41, 5.74) is 7.48. The summed E-state index contributed by atoms with van der Waals surface area (Å²) in [5.74, 6) is 0. The van der Waals surface area contributed by atoms with Gasteiger partial charge in [-0.25, -0.2) is 0 Å². The number of hydrogen-bond donors (Lipinski definition) is 1. The predicted octanol–water partition coefficient (Wildman–Crippen LogP) is 4.92. The summed E-state index contributed by atoms with van der Waals surface area (Å²) in [7, 11) is 0. The van der Waals surface area contributed by atoms with Gasteiger partial charge in [-0.15, -0.1) is 0 Å². The van der Waals surface area contributed by atoms with Crippen molar-refractivity contribution < 1.29 is 0 Å². The lowest BCUT2D eigenvalue weighted by Gasteiger charge is -2.05. The minimum Gasteiger partial charge on any atom is -0.358 e. The number of nitrogens with one attached hydrogen (secondary N) is 1. The van der Waals surface area contributed by atoms with Crippen molar-refractivity contribution in [1.29, 1.82) is 0 Å². The highest BCUT2D eigenvalue weighted by atomic mass is 15.0. The lowest BCUT2D eigenvalue weighted by atomic mass is 9.99. The van der Waals surface area contributed by atoms with Crippen molar-refractivity contribution >= 4 is 5.70 Å². The zero-order valence-corrected chi connectivity index (χ0v) is 11.6. The number of hydrogen-bond acceptors (Lipinski definition) is 1. The molecule has 1 N–H and O–H groups in total. The maximum atomic E-state index is 3.13. The van der Waals surface area contributed by atoms with Crippen LogP contribution < -0.4 is 5.32 Å². The second-order valence-corrected chi connectivity index (χ2v) is 5.22. The Hall–Kier alpha value is -2.80. The summed E-state index contributed by atoms with van der Waals surface area (Å²) in [4.78, 5) is 0. The first-order valence-electron chi connectivity index (χ1n) is 7.13. The van der Waals surface area contributed by atoms with Gasteiger partial charge in [-0.3, -0.25) is 0 Å². The SMILES string of the molecule is C1=C(c2ccc(-c3ccc(-c4ccccc4)cc3)cc2)N1. The normalized spacial score (nSPS) is 12.5. The smallest absolute Gasteiger partial charge is 0.0616 e. The first-order valence-corrected chi connectivity index (χ1v) is 7.13. The second kappa shape index (κ2) is 4.95. The van der Waals surface area contributed by atoms with Gasteiger partial charge in [0, 0.05) is 6.20 Å². The Balaban J connectivity index is 1.62. The molecule has 0 fully saturated rings. The quantitative estimate of drug-likeness (QED) is 0.716. The standard InChI is InChI=1S/C20H15N/c1-2-4-15(5-3-1)16-6-8-17(9-7-16)18-10-12-19(13-11-18)20-14-21-20/h1-14,21H. The molecule has 1 aliphatic rings. The van der Waals surface area contributed by atoms with E-state index in [1.165, 1.54) is 33.5 Å². The van der Waals surface area contributed by atoms with E-state index < -0.39 is 0 Å². The maximum Gasteiger partial charge on any atom is 0.0616 e. The highest BCUT2D eigenvalue weighted by Gasteiger charge is 2.08. The van der Waals surface area contributed by atoms with Crippen LogP contribution in [0, 0.1) is 0 Å². The first kappa shape index (κ1) is 12.0. The van der Waals surface area contributed by atoms with E-state index in [1.54, 1.807) is 0 Å². The van der Waals surface area contributed by atoms with E-state index in [2.05, 4.69) is 78.1 Å². The molecule has 3 aromatic rings. The van der Waals surface area contributed by atoms with Crippen molar-refractivity contribution in [2.45, 2.75) is 0 Å². The van der Waals surface area contributed by atoms with Crippen LogP contribution >= 0.6 is 0 Å². The molecule has 100 valence electrons. The molecule has 1 heteroatoms. The molecule has 1 aliphatic heterocycles. The molecule has 0 amide bonds. The molecule has 3 aromatic carbocycles. The highest BCUT2D eigenvalue weighted by molar-refractivity contribution is 5.77. The van der Waals surface area contributed by atoms with Gasteiger partial charge in [0.25, 0.3) is 0 Å². The molecule has 0 radical (unpaired) electrons. The third kappa shape index (κ3) is 2.46. The van der Waals surface area contributed by atoms with Crippen LogP contribution in [0.5, 0.6) is 0 Å². The number of benzene rings is 3. The third-order valence-electron chi connectivity index (χ3n) is 3.81. The van der Waals surface area contributed by atoms with Gasteiger partial charge in [0.1, 0.15) is 0 Å². The van der Waals surface area contributed by atoms with Crippen molar-refractivity contribution in [3.8, 4) is 22.3 Å². The summed E-state index contributed by atoms with van der Waals surface area (Å²) in [6.07, 6.45) is 2.02. The molecule has 0 saturated carbocycles. The van der Waals surface area contributed by atoms with Gasteiger partial charge in [0.2, 0.25) is 0 Å². The van der Waals surface area contributed by atoms with E-state index in [0.29, 0.717) is 0 Å². The fourth-order valence-corrected chi connectivity index (χ4v) is 2.53. The van der Waals surface area contributed by atoms with Crippen LogP contribution in [0.3, 0.4) is 0 Å². The monoisotopic (exact) mass is 269 g/mol. The van der Waals surface area contributed by atoms with Crippen molar-refractivity contribution in [3.63, 3.8) is 0 Å². The molecule has 1 nitrogen and oxygen atoms in total. The molecule has 1 heterocycles. The zero-order chi connectivity index (χ0) is 14.1. The van der Waals surface area contributed by atoms with Crippen LogP contribution in [0.4, 0.5) is 0 Å². The van der Waals surface area contributed by atoms with E-state index >= 15 is 0 Å². The summed E-state index contributed by atoms with van der Waals surface area (Å²) in [5, 5.41) is 3.13. The molecular formula is C20H15N. The van der Waals surface area contributed by atoms with Crippen LogP contribution in [0.1, 0.15) is 5.56 Å². The van der Waals surface area contributed by atoms with Gasteiger partial charge in [-0.1, -0.05) is 78.9 Å². The van der Waals surface area contributed by atoms with E-state index in [1.807, 2.05) is 12.3 Å². The fourth-order valence-electron chi connectivity index (χ4n) is 2.53. The van der Waals surface area contributed by atoms with Crippen LogP contribution in [-0.2, 0) is 0 Å². The summed E-state index contributed by atoms with van der Waals surface area (Å²) < 4.78 is 0. The van der Waals surface area contributed by atoms with Crippen molar-refractivity contribution in [2.24, 2.45) is 0 Å². The molecular weight excluding hydrogens is 254 g/mol. The zero-order valence-electron chi connectivity index (χ0n) is 11.6. The Morgan fingerprint density at radius 1 is 0.429 bits per heavy atom. The molecule has 0 aromatic heterocycles. The van der Waals surface area contributed by atoms with Gasteiger partial charge < -0.3 is 5.32 Å². The summed E-state index contributed by atoms with van der Waals surface area (Å²) >= 11 is 0. The molecule has 0 spiro atoms. The van der Waals surface area contributed by atoms with Crippen LogP contribution in [0.15, 0.2) is 85.1 Å². The van der Waals surface area contributed by atoms with Crippen molar-refractivity contribution in [1.82, 2.24) is 5.32 Å². The van der Waals surface area contributed by atoms with Crippen LogP contribution in [0.25, 0.3) is 28.0 Å². The van der Waals surface area contributed by atoms with Crippen molar-refractivity contribution in [2.75, 3.05) is 0 Å². The highest BCUT2D eigenvalue weighted by Crippen LogP contribution is 2.27. The van der Waals surface area contributed by atoms with Gasteiger partial charge in [-0.05, 0) is 27.8 Å². The topological polar surface area (TPSA) is 21.9 Å². The molecule has 4 rings (SSSR count). The molecule has 0 unspecified atom stereocenters. The Morgan fingerprint density at radius 2 is 0.810 bits per heavy atom. The largest absolute Gasteiger partial charge is 0.358 e. The lowest BCUT2D eigenvalue weighted by molar-refractivity contribution is 1.44. The average molecular weight is 269 g/mol.